The average Bonchev–Trinajstić information content (AvgIpc) is 2.26. The van der Waals surface area contributed by atoms with Crippen molar-refractivity contribution in [1.29, 1.82) is 0 Å². The minimum absolute atomic E-state index is 0.160. The highest BCUT2D eigenvalue weighted by molar-refractivity contribution is 5.79. The summed E-state index contributed by atoms with van der Waals surface area (Å²) in [6.45, 7) is 4.27. The van der Waals surface area contributed by atoms with E-state index in [1.807, 2.05) is 0 Å². The van der Waals surface area contributed by atoms with Crippen molar-refractivity contribution >= 4 is 5.91 Å². The molecule has 1 amide bonds. The third kappa shape index (κ3) is 4.52. The number of hydrogen-bond acceptors (Lipinski definition) is 2. The van der Waals surface area contributed by atoms with Crippen molar-refractivity contribution in [2.24, 2.45) is 11.7 Å². The van der Waals surface area contributed by atoms with Crippen molar-refractivity contribution < 1.29 is 4.79 Å². The number of carbonyl (C=O) groups excluding carboxylic acids is 1. The molecule has 3 atom stereocenters. The van der Waals surface area contributed by atoms with Gasteiger partial charge in [0.05, 0.1) is 0 Å². The van der Waals surface area contributed by atoms with E-state index in [4.69, 9.17) is 5.73 Å². The molecule has 0 aromatic carbocycles. The van der Waals surface area contributed by atoms with Crippen LogP contribution >= 0.6 is 0 Å². The van der Waals surface area contributed by atoms with Crippen molar-refractivity contribution in [3.8, 4) is 0 Å². The molecule has 94 valence electrons. The standard InChI is InChI=1S/C13H26N2O/c1-3-4-6-10(2)15-13(16)11-7-5-8-12(14)9-11/h10-12H,3-9,14H2,1-2H3,(H,15,16). The molecule has 3 N–H and O–H groups in total. The van der Waals surface area contributed by atoms with Crippen molar-refractivity contribution in [3.05, 3.63) is 0 Å². The molecule has 1 fully saturated rings. The van der Waals surface area contributed by atoms with Crippen molar-refractivity contribution in [2.45, 2.75) is 70.9 Å². The molecule has 0 spiro atoms. The zero-order chi connectivity index (χ0) is 12.0. The van der Waals surface area contributed by atoms with Crippen LogP contribution in [0.5, 0.6) is 0 Å². The van der Waals surface area contributed by atoms with Crippen LogP contribution in [0, 0.1) is 5.92 Å². The number of hydrogen-bond donors (Lipinski definition) is 2. The topological polar surface area (TPSA) is 55.1 Å². The molecular weight excluding hydrogens is 200 g/mol. The number of carbonyl (C=O) groups is 1. The Hall–Kier alpha value is -0.570. The van der Waals surface area contributed by atoms with Gasteiger partial charge in [0, 0.05) is 18.0 Å². The quantitative estimate of drug-likeness (QED) is 0.755. The van der Waals surface area contributed by atoms with Gasteiger partial charge in [0.2, 0.25) is 5.91 Å². The first-order valence-corrected chi connectivity index (χ1v) is 6.69. The first kappa shape index (κ1) is 13.5. The van der Waals surface area contributed by atoms with Gasteiger partial charge in [0.25, 0.3) is 0 Å². The molecule has 0 aromatic heterocycles. The normalized spacial score (nSPS) is 27.4. The Kier molecular flexibility index (Phi) is 5.81. The predicted molar refractivity (Wildman–Crippen MR) is 67.1 cm³/mol. The number of amides is 1. The lowest BCUT2D eigenvalue weighted by atomic mass is 9.85. The second-order valence-electron chi connectivity index (χ2n) is 5.18. The first-order valence-electron chi connectivity index (χ1n) is 6.69. The van der Waals surface area contributed by atoms with Crippen molar-refractivity contribution in [2.75, 3.05) is 0 Å². The Labute approximate surface area is 99.2 Å². The van der Waals surface area contributed by atoms with Gasteiger partial charge >= 0.3 is 0 Å². The van der Waals surface area contributed by atoms with Gasteiger partial charge in [-0.25, -0.2) is 0 Å². The lowest BCUT2D eigenvalue weighted by molar-refractivity contribution is -0.126. The van der Waals surface area contributed by atoms with E-state index in [1.165, 1.54) is 12.8 Å². The molecular formula is C13H26N2O. The average molecular weight is 226 g/mol. The minimum atomic E-state index is 0.160. The zero-order valence-electron chi connectivity index (χ0n) is 10.7. The lowest BCUT2D eigenvalue weighted by Crippen LogP contribution is -2.41. The fourth-order valence-corrected chi connectivity index (χ4v) is 2.41. The van der Waals surface area contributed by atoms with E-state index in [1.54, 1.807) is 0 Å². The fourth-order valence-electron chi connectivity index (χ4n) is 2.41. The summed E-state index contributed by atoms with van der Waals surface area (Å²) in [5.41, 5.74) is 5.89. The molecule has 3 nitrogen and oxygen atoms in total. The van der Waals surface area contributed by atoms with E-state index in [9.17, 15) is 4.79 Å². The highest BCUT2D eigenvalue weighted by atomic mass is 16.1. The Bertz CT molecular complexity index is 218. The van der Waals surface area contributed by atoms with Gasteiger partial charge in [0.15, 0.2) is 0 Å². The van der Waals surface area contributed by atoms with Crippen LogP contribution in [0.15, 0.2) is 0 Å². The molecule has 3 heteroatoms. The largest absolute Gasteiger partial charge is 0.353 e. The summed E-state index contributed by atoms with van der Waals surface area (Å²) in [4.78, 5) is 12.0. The molecule has 1 saturated carbocycles. The molecule has 0 saturated heterocycles. The Morgan fingerprint density at radius 2 is 2.25 bits per heavy atom. The van der Waals surface area contributed by atoms with Crippen LogP contribution in [0.4, 0.5) is 0 Å². The van der Waals surface area contributed by atoms with Gasteiger partial charge in [-0.05, 0) is 32.6 Å². The second kappa shape index (κ2) is 6.89. The number of nitrogens with two attached hydrogens (primary N) is 1. The van der Waals surface area contributed by atoms with Crippen LogP contribution in [0.3, 0.4) is 0 Å². The maximum Gasteiger partial charge on any atom is 0.223 e. The van der Waals surface area contributed by atoms with Gasteiger partial charge in [-0.1, -0.05) is 26.2 Å². The summed E-state index contributed by atoms with van der Waals surface area (Å²) < 4.78 is 0. The minimum Gasteiger partial charge on any atom is -0.353 e. The molecule has 1 aliphatic carbocycles. The van der Waals surface area contributed by atoms with Crippen LogP contribution in [-0.2, 0) is 4.79 Å². The monoisotopic (exact) mass is 226 g/mol. The Balaban J connectivity index is 2.27. The first-order chi connectivity index (χ1) is 7.63. The summed E-state index contributed by atoms with van der Waals surface area (Å²) in [5.74, 6) is 0.381. The number of unbranched alkanes of at least 4 members (excludes halogenated alkanes) is 1. The summed E-state index contributed by atoms with van der Waals surface area (Å²) in [6.07, 6.45) is 7.52. The van der Waals surface area contributed by atoms with Crippen LogP contribution in [0.2, 0.25) is 0 Å². The SMILES string of the molecule is CCCCC(C)NC(=O)C1CCCC(N)C1. The van der Waals surface area contributed by atoms with E-state index in [0.29, 0.717) is 6.04 Å². The molecule has 1 aliphatic rings. The van der Waals surface area contributed by atoms with Crippen molar-refractivity contribution in [3.63, 3.8) is 0 Å². The van der Waals surface area contributed by atoms with Gasteiger partial charge in [-0.3, -0.25) is 4.79 Å². The highest BCUT2D eigenvalue weighted by Crippen LogP contribution is 2.23. The fraction of sp³-hybridized carbons (Fsp3) is 0.923. The molecule has 0 aliphatic heterocycles. The summed E-state index contributed by atoms with van der Waals surface area (Å²) >= 11 is 0. The maximum atomic E-state index is 12.0. The van der Waals surface area contributed by atoms with Gasteiger partial charge in [0.1, 0.15) is 0 Å². The van der Waals surface area contributed by atoms with Crippen molar-refractivity contribution in [1.82, 2.24) is 5.32 Å². The molecule has 0 aromatic rings. The van der Waals surface area contributed by atoms with Crippen LogP contribution in [0.25, 0.3) is 0 Å². The van der Waals surface area contributed by atoms with E-state index >= 15 is 0 Å². The zero-order valence-corrected chi connectivity index (χ0v) is 10.7. The molecule has 0 heterocycles. The molecule has 16 heavy (non-hydrogen) atoms. The smallest absolute Gasteiger partial charge is 0.223 e. The maximum absolute atomic E-state index is 12.0. The third-order valence-corrected chi connectivity index (χ3v) is 3.46. The van der Waals surface area contributed by atoms with Gasteiger partial charge < -0.3 is 11.1 Å². The van der Waals surface area contributed by atoms with E-state index in [-0.39, 0.29) is 17.9 Å². The predicted octanol–water partition coefficient (Wildman–Crippen LogP) is 2.20. The summed E-state index contributed by atoms with van der Waals surface area (Å²) in [5, 5.41) is 3.11. The lowest BCUT2D eigenvalue weighted by Gasteiger charge is -2.27. The number of nitrogens with one attached hydrogen (secondary N) is 1. The Morgan fingerprint density at radius 1 is 1.50 bits per heavy atom. The summed E-state index contributed by atoms with van der Waals surface area (Å²) in [7, 11) is 0. The second-order valence-corrected chi connectivity index (χ2v) is 5.18. The van der Waals surface area contributed by atoms with Crippen LogP contribution in [0.1, 0.15) is 58.8 Å². The van der Waals surface area contributed by atoms with Gasteiger partial charge in [-0.2, -0.15) is 0 Å². The van der Waals surface area contributed by atoms with E-state index < -0.39 is 0 Å². The molecule has 1 rings (SSSR count). The molecule has 3 unspecified atom stereocenters. The highest BCUT2D eigenvalue weighted by Gasteiger charge is 2.25. The molecule has 0 radical (unpaired) electrons. The van der Waals surface area contributed by atoms with E-state index in [0.717, 1.165) is 32.1 Å². The van der Waals surface area contributed by atoms with Crippen LogP contribution < -0.4 is 11.1 Å². The third-order valence-electron chi connectivity index (χ3n) is 3.46. The molecule has 0 bridgehead atoms. The Morgan fingerprint density at radius 3 is 2.88 bits per heavy atom. The van der Waals surface area contributed by atoms with E-state index in [2.05, 4.69) is 19.2 Å². The summed E-state index contributed by atoms with van der Waals surface area (Å²) in [6, 6.07) is 0.543. The number of rotatable bonds is 5. The van der Waals surface area contributed by atoms with Crippen LogP contribution in [-0.4, -0.2) is 18.0 Å². The van der Waals surface area contributed by atoms with Gasteiger partial charge in [-0.15, -0.1) is 0 Å².